The number of unbranched alkanes of at least 4 members (excludes halogenated alkanes) is 2. The molecule has 1 heterocycles. The van der Waals surface area contributed by atoms with Gasteiger partial charge in [-0.3, -0.25) is 0 Å². The lowest BCUT2D eigenvalue weighted by molar-refractivity contribution is 0.0789. The van der Waals surface area contributed by atoms with Crippen molar-refractivity contribution in [3.8, 4) is 5.75 Å². The van der Waals surface area contributed by atoms with Crippen molar-refractivity contribution in [2.45, 2.75) is 71.1 Å². The lowest BCUT2D eigenvalue weighted by atomic mass is 9.81. The fourth-order valence-corrected chi connectivity index (χ4v) is 4.08. The monoisotopic (exact) mass is 404 g/mol. The summed E-state index contributed by atoms with van der Waals surface area (Å²) in [4.78, 5) is 12.5. The van der Waals surface area contributed by atoms with Crippen LogP contribution in [0, 0.1) is 11.7 Å². The zero-order chi connectivity index (χ0) is 20.6. The molecule has 1 aromatic heterocycles. The summed E-state index contributed by atoms with van der Waals surface area (Å²) >= 11 is 0. The van der Waals surface area contributed by atoms with Crippen LogP contribution in [0.4, 0.5) is 4.39 Å². The molecule has 1 aliphatic rings. The van der Waals surface area contributed by atoms with E-state index in [9.17, 15) is 9.18 Å². The second kappa shape index (κ2) is 10.8. The molecule has 0 aliphatic heterocycles. The van der Waals surface area contributed by atoms with Gasteiger partial charge in [0.25, 0.3) is 0 Å². The van der Waals surface area contributed by atoms with Gasteiger partial charge in [-0.15, -0.1) is 0 Å². The molecule has 0 bridgehead atoms. The van der Waals surface area contributed by atoms with E-state index in [1.807, 2.05) is 13.0 Å². The molecule has 29 heavy (non-hydrogen) atoms. The maximum absolute atomic E-state index is 14.7. The van der Waals surface area contributed by atoms with Gasteiger partial charge in [-0.1, -0.05) is 32.8 Å². The van der Waals surface area contributed by atoms with E-state index in [-0.39, 0.29) is 17.1 Å². The average molecular weight is 405 g/mol. The molecular weight excluding hydrogens is 371 g/mol. The number of hydrogen-bond donors (Lipinski definition) is 0. The molecule has 0 saturated heterocycles. The number of halogens is 1. The molecule has 3 rings (SSSR count). The SMILES string of the molecule is CCCCCOCC1CCC(c2cc3ccc(OCCC)c(F)c3c(=O)o2)CC1. The van der Waals surface area contributed by atoms with Crippen LogP contribution in [0.2, 0.25) is 0 Å². The molecule has 2 aromatic rings. The van der Waals surface area contributed by atoms with Crippen molar-refractivity contribution < 1.29 is 18.3 Å². The Kier molecular flexibility index (Phi) is 8.10. The zero-order valence-corrected chi connectivity index (χ0v) is 17.7. The largest absolute Gasteiger partial charge is 0.491 e. The lowest BCUT2D eigenvalue weighted by Gasteiger charge is -2.27. The number of fused-ring (bicyclic) bond motifs is 1. The summed E-state index contributed by atoms with van der Waals surface area (Å²) < 4.78 is 31.4. The summed E-state index contributed by atoms with van der Waals surface area (Å²) in [7, 11) is 0. The maximum atomic E-state index is 14.7. The van der Waals surface area contributed by atoms with Crippen molar-refractivity contribution in [3.05, 3.63) is 40.2 Å². The van der Waals surface area contributed by atoms with Crippen LogP contribution in [-0.4, -0.2) is 19.8 Å². The topological polar surface area (TPSA) is 48.7 Å². The third-order valence-electron chi connectivity index (χ3n) is 5.81. The molecule has 1 saturated carbocycles. The fraction of sp³-hybridized carbons (Fsp3) is 0.625. The van der Waals surface area contributed by atoms with Crippen LogP contribution in [0.15, 0.2) is 27.4 Å². The first-order chi connectivity index (χ1) is 14.1. The summed E-state index contributed by atoms with van der Waals surface area (Å²) in [6.07, 6.45) is 8.42. The van der Waals surface area contributed by atoms with Crippen molar-refractivity contribution >= 4 is 10.8 Å². The summed E-state index contributed by atoms with van der Waals surface area (Å²) in [5.41, 5.74) is -0.613. The molecule has 1 aromatic carbocycles. The molecule has 5 heteroatoms. The van der Waals surface area contributed by atoms with Crippen LogP contribution in [0.5, 0.6) is 5.75 Å². The molecule has 0 radical (unpaired) electrons. The van der Waals surface area contributed by atoms with Gasteiger partial charge in [-0.25, -0.2) is 9.18 Å². The molecule has 0 atom stereocenters. The van der Waals surface area contributed by atoms with E-state index < -0.39 is 11.4 Å². The Morgan fingerprint density at radius 2 is 1.86 bits per heavy atom. The Morgan fingerprint density at radius 1 is 1.07 bits per heavy atom. The molecule has 160 valence electrons. The van der Waals surface area contributed by atoms with Gasteiger partial charge >= 0.3 is 5.63 Å². The maximum Gasteiger partial charge on any atom is 0.346 e. The third-order valence-corrected chi connectivity index (χ3v) is 5.81. The minimum absolute atomic E-state index is 0.0171. The minimum Gasteiger partial charge on any atom is -0.491 e. The summed E-state index contributed by atoms with van der Waals surface area (Å²) in [5.74, 6) is 0.948. The van der Waals surface area contributed by atoms with E-state index in [1.54, 1.807) is 12.1 Å². The first-order valence-corrected chi connectivity index (χ1v) is 11.1. The Bertz CT molecular complexity index is 837. The Labute approximate surface area is 172 Å². The quantitative estimate of drug-likeness (QED) is 0.442. The van der Waals surface area contributed by atoms with E-state index in [0.29, 0.717) is 23.7 Å². The van der Waals surface area contributed by atoms with Gasteiger partial charge in [0.15, 0.2) is 11.6 Å². The number of hydrogen-bond acceptors (Lipinski definition) is 4. The van der Waals surface area contributed by atoms with Crippen LogP contribution in [0.1, 0.15) is 76.9 Å². The second-order valence-electron chi connectivity index (χ2n) is 8.13. The van der Waals surface area contributed by atoms with Gasteiger partial charge in [-0.05, 0) is 62.0 Å². The highest BCUT2D eigenvalue weighted by molar-refractivity contribution is 5.83. The van der Waals surface area contributed by atoms with E-state index in [2.05, 4.69) is 6.92 Å². The van der Waals surface area contributed by atoms with Gasteiger partial charge in [0.05, 0.1) is 6.61 Å². The number of benzene rings is 1. The standard InChI is InChI=1S/C24H33FO4/c1-3-5-6-14-27-16-17-7-9-18(10-8-17)21-15-19-11-12-20(28-13-4-2)23(25)22(19)24(26)29-21/h11-12,15,17-18H,3-10,13-14,16H2,1-2H3. The van der Waals surface area contributed by atoms with Gasteiger partial charge in [0.1, 0.15) is 11.1 Å². The van der Waals surface area contributed by atoms with Crippen LogP contribution in [0.3, 0.4) is 0 Å². The van der Waals surface area contributed by atoms with Crippen molar-refractivity contribution in [1.82, 2.24) is 0 Å². The second-order valence-corrected chi connectivity index (χ2v) is 8.13. The predicted octanol–water partition coefficient (Wildman–Crippen LogP) is 6.20. The minimum atomic E-state index is -0.625. The van der Waals surface area contributed by atoms with Crippen LogP contribution in [0.25, 0.3) is 10.8 Å². The summed E-state index contributed by atoms with van der Waals surface area (Å²) in [6, 6.07) is 5.18. The van der Waals surface area contributed by atoms with Crippen molar-refractivity contribution in [2.75, 3.05) is 19.8 Å². The average Bonchev–Trinajstić information content (AvgIpc) is 2.73. The fourth-order valence-electron chi connectivity index (χ4n) is 4.08. The first-order valence-electron chi connectivity index (χ1n) is 11.1. The van der Waals surface area contributed by atoms with Crippen LogP contribution >= 0.6 is 0 Å². The smallest absolute Gasteiger partial charge is 0.346 e. The van der Waals surface area contributed by atoms with Gasteiger partial charge < -0.3 is 13.9 Å². The Morgan fingerprint density at radius 3 is 2.59 bits per heavy atom. The molecule has 1 fully saturated rings. The molecule has 0 unspecified atom stereocenters. The van der Waals surface area contributed by atoms with Crippen molar-refractivity contribution in [3.63, 3.8) is 0 Å². The highest BCUT2D eigenvalue weighted by Gasteiger charge is 2.25. The van der Waals surface area contributed by atoms with Crippen molar-refractivity contribution in [2.24, 2.45) is 5.92 Å². The molecular formula is C24H33FO4. The van der Waals surface area contributed by atoms with Crippen LogP contribution in [-0.2, 0) is 4.74 Å². The van der Waals surface area contributed by atoms with E-state index >= 15 is 0 Å². The third kappa shape index (κ3) is 5.59. The molecule has 1 aliphatic carbocycles. The highest BCUT2D eigenvalue weighted by Crippen LogP contribution is 2.37. The summed E-state index contributed by atoms with van der Waals surface area (Å²) in [6.45, 7) is 6.23. The Balaban J connectivity index is 1.63. The molecule has 0 amide bonds. The summed E-state index contributed by atoms with van der Waals surface area (Å²) in [5, 5.41) is 0.565. The zero-order valence-electron chi connectivity index (χ0n) is 17.7. The number of ether oxygens (including phenoxy) is 2. The molecule has 0 N–H and O–H groups in total. The van der Waals surface area contributed by atoms with Gasteiger partial charge in [0.2, 0.25) is 0 Å². The highest BCUT2D eigenvalue weighted by atomic mass is 19.1. The number of rotatable bonds is 10. The lowest BCUT2D eigenvalue weighted by Crippen LogP contribution is -2.19. The predicted molar refractivity (Wildman–Crippen MR) is 113 cm³/mol. The van der Waals surface area contributed by atoms with Crippen LogP contribution < -0.4 is 10.4 Å². The van der Waals surface area contributed by atoms with E-state index in [4.69, 9.17) is 13.9 Å². The molecule has 4 nitrogen and oxygen atoms in total. The van der Waals surface area contributed by atoms with E-state index in [0.717, 1.165) is 51.7 Å². The van der Waals surface area contributed by atoms with Gasteiger partial charge in [0, 0.05) is 19.1 Å². The van der Waals surface area contributed by atoms with E-state index in [1.165, 1.54) is 12.8 Å². The normalized spacial score (nSPS) is 19.6. The Hall–Kier alpha value is -1.88. The van der Waals surface area contributed by atoms with Gasteiger partial charge in [-0.2, -0.15) is 0 Å². The first kappa shape index (κ1) is 21.8. The van der Waals surface area contributed by atoms with Crippen molar-refractivity contribution in [1.29, 1.82) is 0 Å². The molecule has 0 spiro atoms.